The van der Waals surface area contributed by atoms with Crippen LogP contribution in [0, 0.1) is 0 Å². The number of carboxylic acids is 1. The molecule has 1 aliphatic heterocycles. The van der Waals surface area contributed by atoms with Gasteiger partial charge in [-0.15, -0.1) is 13.2 Å². The number of alkyl halides is 3. The minimum Gasteiger partial charge on any atom is -0.497 e. The number of fused-ring (bicyclic) bond motifs is 1. The van der Waals surface area contributed by atoms with Gasteiger partial charge >= 0.3 is 12.3 Å². The second-order valence-electron chi connectivity index (χ2n) is 10.4. The van der Waals surface area contributed by atoms with Crippen molar-refractivity contribution in [2.45, 2.75) is 44.5 Å². The average Bonchev–Trinajstić information content (AvgIpc) is 3.74. The Labute approximate surface area is 257 Å². The van der Waals surface area contributed by atoms with Crippen LogP contribution in [0.15, 0.2) is 65.9 Å². The summed E-state index contributed by atoms with van der Waals surface area (Å²) in [6.07, 6.45) is -2.23. The predicted molar refractivity (Wildman–Crippen MR) is 160 cm³/mol. The number of aliphatic carboxylic acids is 1. The summed E-state index contributed by atoms with van der Waals surface area (Å²) < 4.78 is 60.8. The molecular weight excluding hydrogens is 601 g/mol. The Morgan fingerprint density at radius 3 is 2.36 bits per heavy atom. The van der Waals surface area contributed by atoms with Crippen molar-refractivity contribution in [1.29, 1.82) is 0 Å². The first-order valence-corrected chi connectivity index (χ1v) is 14.4. The van der Waals surface area contributed by atoms with Crippen LogP contribution in [-0.2, 0) is 11.2 Å². The van der Waals surface area contributed by atoms with Crippen LogP contribution >= 0.6 is 11.6 Å². The van der Waals surface area contributed by atoms with Crippen molar-refractivity contribution in [1.82, 2.24) is 0 Å². The molecule has 0 radical (unpaired) electrons. The second kappa shape index (κ2) is 13.2. The molecule has 0 amide bonds. The fourth-order valence-corrected chi connectivity index (χ4v) is 5.41. The van der Waals surface area contributed by atoms with Crippen molar-refractivity contribution >= 4 is 28.9 Å². The zero-order chi connectivity index (χ0) is 31.4. The Bertz CT molecular complexity index is 1540. The van der Waals surface area contributed by atoms with E-state index < -0.39 is 24.1 Å². The standard InChI is InChI=1S/C32H32ClF3N2O6/c1-41-24-15-23(16-25(17-24)43-13-3-4-29(39)40)37-30(19-7-9-22(33)10-8-19)31(20-5-6-20)38-12-11-21-14-27(42-2)28(18-26(21)38)44-32(34,35)36/h7-10,14-18,30,37H,3-6,11-13H2,1-2H3,(H,39,40). The predicted octanol–water partition coefficient (Wildman–Crippen LogP) is 7.76. The van der Waals surface area contributed by atoms with Gasteiger partial charge in [-0.05, 0) is 60.6 Å². The zero-order valence-electron chi connectivity index (χ0n) is 24.2. The molecule has 5 rings (SSSR count). The van der Waals surface area contributed by atoms with E-state index in [1.165, 1.54) is 25.9 Å². The van der Waals surface area contributed by atoms with Crippen LogP contribution in [0.2, 0.25) is 5.02 Å². The van der Waals surface area contributed by atoms with E-state index in [2.05, 4.69) is 15.0 Å². The lowest BCUT2D eigenvalue weighted by Gasteiger charge is -2.32. The molecule has 1 unspecified atom stereocenters. The summed E-state index contributed by atoms with van der Waals surface area (Å²) in [7, 11) is 2.85. The molecule has 1 aliphatic carbocycles. The van der Waals surface area contributed by atoms with Crippen LogP contribution in [0.4, 0.5) is 24.5 Å². The molecule has 0 bridgehead atoms. The summed E-state index contributed by atoms with van der Waals surface area (Å²) in [5.41, 5.74) is 5.14. The van der Waals surface area contributed by atoms with E-state index in [1.807, 2.05) is 18.2 Å². The molecule has 8 nitrogen and oxygen atoms in total. The number of methoxy groups -OCH3 is 2. The van der Waals surface area contributed by atoms with Crippen molar-refractivity contribution in [2.75, 3.05) is 37.6 Å². The molecule has 1 fully saturated rings. The van der Waals surface area contributed by atoms with Gasteiger partial charge in [-0.1, -0.05) is 23.7 Å². The minimum absolute atomic E-state index is 0.0104. The first-order valence-electron chi connectivity index (χ1n) is 14.1. The maximum Gasteiger partial charge on any atom is 0.573 e. The number of hydrogen-bond donors (Lipinski definition) is 2. The maximum atomic E-state index is 13.3. The summed E-state index contributed by atoms with van der Waals surface area (Å²) in [5.74, 6) is -0.249. The third kappa shape index (κ3) is 7.63. The molecule has 0 spiro atoms. The number of carboxylic acid groups (broad SMARTS) is 1. The van der Waals surface area contributed by atoms with Gasteiger partial charge in [0.2, 0.25) is 0 Å². The van der Waals surface area contributed by atoms with Gasteiger partial charge in [-0.3, -0.25) is 4.79 Å². The third-order valence-electron chi connectivity index (χ3n) is 7.35. The van der Waals surface area contributed by atoms with Gasteiger partial charge in [0.05, 0.1) is 26.9 Å². The number of anilines is 2. The van der Waals surface area contributed by atoms with Crippen LogP contribution in [0.25, 0.3) is 0 Å². The van der Waals surface area contributed by atoms with Crippen LogP contribution in [0.1, 0.15) is 42.9 Å². The number of ether oxygens (including phenoxy) is 4. The van der Waals surface area contributed by atoms with Gasteiger partial charge in [0.15, 0.2) is 11.5 Å². The normalized spacial score (nSPS) is 14.5. The molecule has 2 N–H and O–H groups in total. The van der Waals surface area contributed by atoms with E-state index in [4.69, 9.17) is 30.9 Å². The Balaban J connectivity index is 1.53. The molecule has 1 atom stereocenters. The van der Waals surface area contributed by atoms with Gasteiger partial charge in [0, 0.05) is 59.3 Å². The molecule has 0 aromatic heterocycles. The van der Waals surface area contributed by atoms with Gasteiger partial charge in [-0.25, -0.2) is 0 Å². The van der Waals surface area contributed by atoms with Crippen LogP contribution in [0.3, 0.4) is 0 Å². The number of rotatable bonds is 13. The molecule has 1 heterocycles. The van der Waals surface area contributed by atoms with E-state index in [0.717, 1.165) is 29.7 Å². The Morgan fingerprint density at radius 2 is 1.73 bits per heavy atom. The Morgan fingerprint density at radius 1 is 1.00 bits per heavy atom. The van der Waals surface area contributed by atoms with Crippen molar-refractivity contribution in [3.63, 3.8) is 0 Å². The van der Waals surface area contributed by atoms with Gasteiger partial charge in [0.25, 0.3) is 0 Å². The summed E-state index contributed by atoms with van der Waals surface area (Å²) in [4.78, 5) is 13.0. The second-order valence-corrected chi connectivity index (χ2v) is 10.9. The first kappa shape index (κ1) is 31.2. The number of nitrogens with one attached hydrogen (secondary N) is 1. The number of hydrogen-bond acceptors (Lipinski definition) is 7. The minimum atomic E-state index is -4.88. The third-order valence-corrected chi connectivity index (χ3v) is 7.60. The molecular formula is C32H32ClF3N2O6. The van der Waals surface area contributed by atoms with Crippen LogP contribution < -0.4 is 29.2 Å². The molecule has 234 valence electrons. The molecule has 3 aromatic rings. The number of nitrogens with zero attached hydrogens (tertiary/aromatic N) is 1. The molecule has 3 aromatic carbocycles. The molecule has 1 saturated carbocycles. The maximum absolute atomic E-state index is 13.3. The monoisotopic (exact) mass is 632 g/mol. The Kier molecular flexibility index (Phi) is 9.33. The summed E-state index contributed by atoms with van der Waals surface area (Å²) in [5, 5.41) is 13.1. The van der Waals surface area contributed by atoms with E-state index in [1.54, 1.807) is 30.3 Å². The van der Waals surface area contributed by atoms with Crippen molar-refractivity contribution in [2.24, 2.45) is 0 Å². The Hall–Kier alpha value is -4.25. The quantitative estimate of drug-likeness (QED) is 0.185. The number of benzene rings is 3. The van der Waals surface area contributed by atoms with Crippen molar-refractivity contribution < 1.29 is 42.0 Å². The summed E-state index contributed by atoms with van der Waals surface area (Å²) >= 11 is 6.23. The van der Waals surface area contributed by atoms with E-state index in [9.17, 15) is 18.0 Å². The first-order chi connectivity index (χ1) is 21.0. The highest BCUT2D eigenvalue weighted by atomic mass is 35.5. The molecule has 0 saturated heterocycles. The zero-order valence-corrected chi connectivity index (χ0v) is 24.9. The van der Waals surface area contributed by atoms with E-state index in [0.29, 0.717) is 47.3 Å². The molecule has 12 heteroatoms. The van der Waals surface area contributed by atoms with Crippen LogP contribution in [-0.4, -0.2) is 44.8 Å². The lowest BCUT2D eigenvalue weighted by atomic mass is 10.0. The number of allylic oxidation sites excluding steroid dienone is 1. The summed E-state index contributed by atoms with van der Waals surface area (Å²) in [6, 6.07) is 15.3. The molecule has 2 aliphatic rings. The van der Waals surface area contributed by atoms with Crippen molar-refractivity contribution in [3.8, 4) is 23.0 Å². The highest BCUT2D eigenvalue weighted by Crippen LogP contribution is 2.48. The lowest BCUT2D eigenvalue weighted by molar-refractivity contribution is -0.275. The molecule has 44 heavy (non-hydrogen) atoms. The fraction of sp³-hybridized carbons (Fsp3) is 0.344. The average molecular weight is 633 g/mol. The van der Waals surface area contributed by atoms with E-state index in [-0.39, 0.29) is 18.8 Å². The number of carbonyl (C=O) groups is 1. The van der Waals surface area contributed by atoms with Gasteiger partial charge in [0.1, 0.15) is 11.5 Å². The lowest BCUT2D eigenvalue weighted by Crippen LogP contribution is -2.29. The number of halogens is 4. The van der Waals surface area contributed by atoms with Crippen LogP contribution in [0.5, 0.6) is 23.0 Å². The topological polar surface area (TPSA) is 89.5 Å². The summed E-state index contributed by atoms with van der Waals surface area (Å²) in [6.45, 7) is 0.764. The fourth-order valence-electron chi connectivity index (χ4n) is 5.28. The highest BCUT2D eigenvalue weighted by Gasteiger charge is 2.37. The largest absolute Gasteiger partial charge is 0.573 e. The van der Waals surface area contributed by atoms with E-state index >= 15 is 0 Å². The SMILES string of the molecule is COc1cc(NC(C(=C2CC2)N2CCc3cc(OC)c(OC(F)(F)F)cc32)c2ccc(Cl)cc2)cc(OCCCC(=O)O)c1. The van der Waals surface area contributed by atoms with Crippen molar-refractivity contribution in [3.05, 3.63) is 82.0 Å². The van der Waals surface area contributed by atoms with Gasteiger partial charge in [-0.2, -0.15) is 0 Å². The highest BCUT2D eigenvalue weighted by molar-refractivity contribution is 6.30. The van der Waals surface area contributed by atoms with Gasteiger partial charge < -0.3 is 34.3 Å². The smallest absolute Gasteiger partial charge is 0.497 e.